The number of hydrogen-bond acceptors (Lipinski definition) is 0. The zero-order valence-electron chi connectivity index (χ0n) is 9.34. The standard InChI is InChI=1S/C13H18F2/c1-3-11(10-14)13(15,4-2)12-8-6-5-7-9-12/h5-9,11H,3-4,10H2,1-2H3. The van der Waals surface area contributed by atoms with Gasteiger partial charge in [-0.15, -0.1) is 0 Å². The molecule has 0 nitrogen and oxygen atoms in total. The molecule has 1 rings (SSSR count). The van der Waals surface area contributed by atoms with Crippen LogP contribution in [-0.4, -0.2) is 6.67 Å². The molecule has 2 atom stereocenters. The Balaban J connectivity index is 3.04. The third-order valence-electron chi connectivity index (χ3n) is 3.09. The molecule has 0 saturated heterocycles. The average molecular weight is 212 g/mol. The van der Waals surface area contributed by atoms with Gasteiger partial charge in [0.05, 0.1) is 6.67 Å². The van der Waals surface area contributed by atoms with Crippen molar-refractivity contribution in [3.63, 3.8) is 0 Å². The van der Waals surface area contributed by atoms with Gasteiger partial charge in [-0.2, -0.15) is 0 Å². The lowest BCUT2D eigenvalue weighted by molar-refractivity contribution is 0.0533. The van der Waals surface area contributed by atoms with E-state index in [4.69, 9.17) is 0 Å². The second kappa shape index (κ2) is 5.24. The second-order valence-corrected chi connectivity index (χ2v) is 3.84. The molecule has 1 aromatic rings. The fraction of sp³-hybridized carbons (Fsp3) is 0.538. The average Bonchev–Trinajstić information content (AvgIpc) is 2.31. The van der Waals surface area contributed by atoms with Crippen LogP contribution in [0.15, 0.2) is 30.3 Å². The Morgan fingerprint density at radius 2 is 1.80 bits per heavy atom. The monoisotopic (exact) mass is 212 g/mol. The molecule has 1 aromatic carbocycles. The summed E-state index contributed by atoms with van der Waals surface area (Å²) in [6.07, 6.45) is 0.842. The summed E-state index contributed by atoms with van der Waals surface area (Å²) < 4.78 is 27.5. The Hall–Kier alpha value is -0.920. The number of benzene rings is 1. The van der Waals surface area contributed by atoms with Gasteiger partial charge in [-0.05, 0) is 18.4 Å². The van der Waals surface area contributed by atoms with Gasteiger partial charge in [0.15, 0.2) is 0 Å². The smallest absolute Gasteiger partial charge is 0.141 e. The first-order valence-electron chi connectivity index (χ1n) is 5.49. The molecule has 0 aliphatic rings. The van der Waals surface area contributed by atoms with E-state index in [0.29, 0.717) is 18.4 Å². The summed E-state index contributed by atoms with van der Waals surface area (Å²) in [5, 5.41) is 0. The minimum Gasteiger partial charge on any atom is -0.251 e. The maximum atomic E-state index is 14.7. The molecule has 0 amide bonds. The van der Waals surface area contributed by atoms with Crippen molar-refractivity contribution in [1.82, 2.24) is 0 Å². The van der Waals surface area contributed by atoms with Crippen molar-refractivity contribution in [2.45, 2.75) is 32.4 Å². The molecular formula is C13H18F2. The Morgan fingerprint density at radius 1 is 1.20 bits per heavy atom. The summed E-state index contributed by atoms with van der Waals surface area (Å²) in [5.41, 5.74) is -0.929. The van der Waals surface area contributed by atoms with Crippen LogP contribution in [0.4, 0.5) is 8.78 Å². The highest BCUT2D eigenvalue weighted by molar-refractivity contribution is 5.23. The molecule has 0 fully saturated rings. The van der Waals surface area contributed by atoms with Gasteiger partial charge >= 0.3 is 0 Å². The molecule has 0 saturated carbocycles. The Morgan fingerprint density at radius 3 is 2.20 bits per heavy atom. The summed E-state index contributed by atoms with van der Waals surface area (Å²) in [5.74, 6) is -0.537. The van der Waals surface area contributed by atoms with Crippen molar-refractivity contribution in [2.24, 2.45) is 5.92 Å². The van der Waals surface area contributed by atoms with Crippen molar-refractivity contribution in [2.75, 3.05) is 6.67 Å². The van der Waals surface area contributed by atoms with Crippen molar-refractivity contribution in [1.29, 1.82) is 0 Å². The number of alkyl halides is 2. The predicted molar refractivity (Wildman–Crippen MR) is 59.3 cm³/mol. The largest absolute Gasteiger partial charge is 0.251 e. The zero-order chi connectivity index (χ0) is 11.3. The van der Waals surface area contributed by atoms with Crippen LogP contribution in [0.1, 0.15) is 32.3 Å². The Labute approximate surface area is 90.3 Å². The number of halogens is 2. The maximum absolute atomic E-state index is 14.7. The third kappa shape index (κ3) is 2.36. The molecule has 0 aliphatic carbocycles. The van der Waals surface area contributed by atoms with Crippen LogP contribution in [0, 0.1) is 5.92 Å². The summed E-state index contributed by atoms with van der Waals surface area (Å²) in [4.78, 5) is 0. The molecule has 84 valence electrons. The normalized spacial score (nSPS) is 17.1. The van der Waals surface area contributed by atoms with Crippen LogP contribution in [0.5, 0.6) is 0 Å². The van der Waals surface area contributed by atoms with E-state index in [1.807, 2.05) is 13.0 Å². The van der Waals surface area contributed by atoms with Gasteiger partial charge in [-0.25, -0.2) is 4.39 Å². The highest BCUT2D eigenvalue weighted by Crippen LogP contribution is 2.39. The van der Waals surface area contributed by atoms with Gasteiger partial charge in [0.2, 0.25) is 0 Å². The lowest BCUT2D eigenvalue weighted by atomic mass is 9.80. The summed E-state index contributed by atoms with van der Waals surface area (Å²) >= 11 is 0. The fourth-order valence-electron chi connectivity index (χ4n) is 2.00. The lowest BCUT2D eigenvalue weighted by Crippen LogP contribution is -2.31. The molecule has 0 heterocycles. The molecular weight excluding hydrogens is 194 g/mol. The van der Waals surface area contributed by atoms with Crippen molar-refractivity contribution >= 4 is 0 Å². The van der Waals surface area contributed by atoms with E-state index >= 15 is 0 Å². The molecule has 2 unspecified atom stereocenters. The highest BCUT2D eigenvalue weighted by Gasteiger charge is 2.37. The van der Waals surface area contributed by atoms with Crippen LogP contribution in [-0.2, 0) is 5.67 Å². The summed E-state index contributed by atoms with van der Waals surface area (Å²) in [6, 6.07) is 8.91. The maximum Gasteiger partial charge on any atom is 0.141 e. The summed E-state index contributed by atoms with van der Waals surface area (Å²) in [7, 11) is 0. The predicted octanol–water partition coefficient (Wildman–Crippen LogP) is 4.26. The van der Waals surface area contributed by atoms with E-state index in [-0.39, 0.29) is 0 Å². The van der Waals surface area contributed by atoms with E-state index in [0.717, 1.165) is 0 Å². The third-order valence-corrected chi connectivity index (χ3v) is 3.09. The van der Waals surface area contributed by atoms with Gasteiger partial charge in [0.1, 0.15) is 5.67 Å². The quantitative estimate of drug-likeness (QED) is 0.684. The zero-order valence-corrected chi connectivity index (χ0v) is 9.34. The molecule has 0 aromatic heterocycles. The molecule has 0 N–H and O–H groups in total. The molecule has 0 aliphatic heterocycles. The van der Waals surface area contributed by atoms with E-state index in [1.54, 1.807) is 31.2 Å². The van der Waals surface area contributed by atoms with Gasteiger partial charge in [0, 0.05) is 5.92 Å². The topological polar surface area (TPSA) is 0 Å². The molecule has 0 radical (unpaired) electrons. The number of rotatable bonds is 5. The van der Waals surface area contributed by atoms with Crippen LogP contribution in [0.3, 0.4) is 0 Å². The van der Waals surface area contributed by atoms with Gasteiger partial charge in [0.25, 0.3) is 0 Å². The van der Waals surface area contributed by atoms with E-state index in [1.165, 1.54) is 0 Å². The SMILES string of the molecule is CCC(CF)C(F)(CC)c1ccccc1. The van der Waals surface area contributed by atoms with Crippen molar-refractivity contribution < 1.29 is 8.78 Å². The fourth-order valence-corrected chi connectivity index (χ4v) is 2.00. The van der Waals surface area contributed by atoms with E-state index < -0.39 is 18.3 Å². The Kier molecular flexibility index (Phi) is 4.25. The highest BCUT2D eigenvalue weighted by atomic mass is 19.1. The van der Waals surface area contributed by atoms with Gasteiger partial charge < -0.3 is 0 Å². The molecule has 0 spiro atoms. The first-order valence-corrected chi connectivity index (χ1v) is 5.49. The minimum absolute atomic E-state index is 0.319. The first kappa shape index (κ1) is 12.2. The lowest BCUT2D eigenvalue weighted by Gasteiger charge is -2.31. The van der Waals surface area contributed by atoms with Crippen molar-refractivity contribution in [3.8, 4) is 0 Å². The van der Waals surface area contributed by atoms with Crippen molar-refractivity contribution in [3.05, 3.63) is 35.9 Å². The van der Waals surface area contributed by atoms with Gasteiger partial charge in [-0.3, -0.25) is 4.39 Å². The van der Waals surface area contributed by atoms with Crippen LogP contribution in [0.25, 0.3) is 0 Å². The Bertz CT molecular complexity index is 280. The number of hydrogen-bond donors (Lipinski definition) is 0. The van der Waals surface area contributed by atoms with E-state index in [9.17, 15) is 8.78 Å². The van der Waals surface area contributed by atoms with Crippen LogP contribution < -0.4 is 0 Å². The van der Waals surface area contributed by atoms with Crippen LogP contribution in [0.2, 0.25) is 0 Å². The van der Waals surface area contributed by atoms with Gasteiger partial charge in [-0.1, -0.05) is 44.2 Å². The summed E-state index contributed by atoms with van der Waals surface area (Å²) in [6.45, 7) is 3.00. The van der Waals surface area contributed by atoms with E-state index in [2.05, 4.69) is 0 Å². The molecule has 0 bridgehead atoms. The molecule has 15 heavy (non-hydrogen) atoms. The molecule has 2 heteroatoms. The second-order valence-electron chi connectivity index (χ2n) is 3.84. The first-order chi connectivity index (χ1) is 7.19. The minimum atomic E-state index is -1.52. The van der Waals surface area contributed by atoms with Crippen LogP contribution >= 0.6 is 0 Å².